The molecule has 1 aromatic carbocycles. The van der Waals surface area contributed by atoms with Gasteiger partial charge in [-0.05, 0) is 25.3 Å². The molecule has 0 aliphatic carbocycles. The van der Waals surface area contributed by atoms with Gasteiger partial charge in [-0.2, -0.15) is 5.10 Å². The normalized spacial score (nSPS) is 17.9. The first kappa shape index (κ1) is 16.4. The van der Waals surface area contributed by atoms with E-state index in [1.54, 1.807) is 18.7 Å². The van der Waals surface area contributed by atoms with E-state index in [0.29, 0.717) is 31.2 Å². The number of nitrogens with zero attached hydrogens (tertiary/aromatic N) is 4. The number of nitro groups is 1. The van der Waals surface area contributed by atoms with Gasteiger partial charge in [0.15, 0.2) is 0 Å². The lowest BCUT2D eigenvalue weighted by Gasteiger charge is -2.33. The van der Waals surface area contributed by atoms with Gasteiger partial charge in [-0.25, -0.2) is 4.68 Å². The molecule has 0 spiro atoms. The minimum Gasteiger partial charge on any atom is -0.375 e. The van der Waals surface area contributed by atoms with E-state index in [-0.39, 0.29) is 16.7 Å². The summed E-state index contributed by atoms with van der Waals surface area (Å²) in [5, 5.41) is 15.6. The smallest absolute Gasteiger partial charge is 0.333 e. The Morgan fingerprint density at radius 2 is 2.12 bits per heavy atom. The molecule has 1 aromatic heterocycles. The van der Waals surface area contributed by atoms with Gasteiger partial charge in [0.2, 0.25) is 5.82 Å². The topological polar surface area (TPSA) is 73.4 Å². The van der Waals surface area contributed by atoms with Crippen LogP contribution < -0.4 is 4.90 Å². The molecule has 1 aliphatic rings. The summed E-state index contributed by atoms with van der Waals surface area (Å²) in [6, 6.07) is 10.3. The van der Waals surface area contributed by atoms with E-state index in [9.17, 15) is 10.1 Å². The Balaban J connectivity index is 1.71. The molecule has 7 heteroatoms. The summed E-state index contributed by atoms with van der Waals surface area (Å²) in [5.74, 6) is 0.575. The van der Waals surface area contributed by atoms with Crippen molar-refractivity contribution in [3.63, 3.8) is 0 Å². The largest absolute Gasteiger partial charge is 0.375 e. The summed E-state index contributed by atoms with van der Waals surface area (Å²) >= 11 is 0. The molecule has 24 heavy (non-hydrogen) atoms. The molecule has 3 rings (SSSR count). The lowest BCUT2D eigenvalue weighted by atomic mass is 10.1. The van der Waals surface area contributed by atoms with Crippen LogP contribution in [0.1, 0.15) is 17.7 Å². The Kier molecular flexibility index (Phi) is 4.80. The third kappa shape index (κ3) is 3.41. The van der Waals surface area contributed by atoms with E-state index in [0.717, 1.165) is 12.8 Å². The molecule has 0 N–H and O–H groups in total. The van der Waals surface area contributed by atoms with E-state index in [1.807, 2.05) is 23.1 Å². The van der Waals surface area contributed by atoms with Crippen LogP contribution in [0.2, 0.25) is 0 Å². The molecule has 2 heterocycles. The summed E-state index contributed by atoms with van der Waals surface area (Å²) in [7, 11) is 1.75. The fraction of sp³-hybridized carbons (Fsp3) is 0.471. The summed E-state index contributed by atoms with van der Waals surface area (Å²) in [6.45, 7) is 3.53. The minimum absolute atomic E-state index is 0.0637. The number of hydrogen-bond donors (Lipinski definition) is 0. The SMILES string of the molecule is Cc1nn(C)c(N2CCO[C@H](CCc3ccccc3)C2)c1[N+](=O)[O-]. The maximum atomic E-state index is 11.4. The molecule has 1 aliphatic heterocycles. The second-order valence-electron chi connectivity index (χ2n) is 6.10. The Bertz CT molecular complexity index is 714. The average molecular weight is 330 g/mol. The fourth-order valence-electron chi connectivity index (χ4n) is 3.26. The number of benzene rings is 1. The Labute approximate surface area is 141 Å². The molecule has 0 amide bonds. The number of anilines is 1. The molecular weight excluding hydrogens is 308 g/mol. The van der Waals surface area contributed by atoms with Gasteiger partial charge in [0, 0.05) is 20.1 Å². The zero-order valence-electron chi connectivity index (χ0n) is 14.0. The molecular formula is C17H22N4O3. The predicted octanol–water partition coefficient (Wildman–Crippen LogP) is 2.47. The maximum Gasteiger partial charge on any atom is 0.333 e. The van der Waals surface area contributed by atoms with Crippen molar-refractivity contribution in [2.24, 2.45) is 7.05 Å². The maximum absolute atomic E-state index is 11.4. The van der Waals surface area contributed by atoms with Gasteiger partial charge in [0.1, 0.15) is 5.69 Å². The molecule has 0 unspecified atom stereocenters. The third-order valence-corrected chi connectivity index (χ3v) is 4.38. The zero-order chi connectivity index (χ0) is 17.1. The molecule has 2 aromatic rings. The molecule has 128 valence electrons. The highest BCUT2D eigenvalue weighted by atomic mass is 16.6. The lowest BCUT2D eigenvalue weighted by molar-refractivity contribution is -0.384. The summed E-state index contributed by atoms with van der Waals surface area (Å²) in [4.78, 5) is 13.1. The molecule has 1 saturated heterocycles. The highest BCUT2D eigenvalue weighted by Gasteiger charge is 2.31. The van der Waals surface area contributed by atoms with E-state index < -0.39 is 0 Å². The van der Waals surface area contributed by atoms with Gasteiger partial charge < -0.3 is 9.64 Å². The first-order chi connectivity index (χ1) is 11.6. The van der Waals surface area contributed by atoms with Gasteiger partial charge in [0.05, 0.1) is 17.6 Å². The van der Waals surface area contributed by atoms with Crippen molar-refractivity contribution in [1.82, 2.24) is 9.78 Å². The van der Waals surface area contributed by atoms with Gasteiger partial charge in [0.25, 0.3) is 0 Å². The van der Waals surface area contributed by atoms with Gasteiger partial charge in [-0.15, -0.1) is 0 Å². The third-order valence-electron chi connectivity index (χ3n) is 4.38. The Morgan fingerprint density at radius 3 is 2.83 bits per heavy atom. The first-order valence-corrected chi connectivity index (χ1v) is 8.14. The van der Waals surface area contributed by atoms with Crippen molar-refractivity contribution in [2.45, 2.75) is 25.9 Å². The number of aromatic nitrogens is 2. The van der Waals surface area contributed by atoms with Crippen molar-refractivity contribution < 1.29 is 9.66 Å². The van der Waals surface area contributed by atoms with Crippen molar-refractivity contribution in [1.29, 1.82) is 0 Å². The van der Waals surface area contributed by atoms with Crippen LogP contribution >= 0.6 is 0 Å². The molecule has 0 bridgehead atoms. The second kappa shape index (κ2) is 7.00. The van der Waals surface area contributed by atoms with Gasteiger partial charge >= 0.3 is 5.69 Å². The highest BCUT2D eigenvalue weighted by molar-refractivity contribution is 5.61. The van der Waals surface area contributed by atoms with Crippen LogP contribution in [-0.4, -0.2) is 40.5 Å². The Morgan fingerprint density at radius 1 is 1.38 bits per heavy atom. The van der Waals surface area contributed by atoms with Crippen LogP contribution in [0, 0.1) is 17.0 Å². The molecule has 1 fully saturated rings. The van der Waals surface area contributed by atoms with Crippen LogP contribution in [-0.2, 0) is 18.2 Å². The number of ether oxygens (including phenoxy) is 1. The number of hydrogen-bond acceptors (Lipinski definition) is 5. The molecule has 7 nitrogen and oxygen atoms in total. The van der Waals surface area contributed by atoms with Gasteiger partial charge in [-0.1, -0.05) is 30.3 Å². The average Bonchev–Trinajstić information content (AvgIpc) is 2.88. The van der Waals surface area contributed by atoms with E-state index in [4.69, 9.17) is 4.74 Å². The van der Waals surface area contributed by atoms with Crippen molar-refractivity contribution in [3.8, 4) is 0 Å². The van der Waals surface area contributed by atoms with E-state index in [2.05, 4.69) is 17.2 Å². The number of rotatable bonds is 5. The summed E-state index contributed by atoms with van der Waals surface area (Å²) < 4.78 is 7.46. The standard InChI is InChI=1S/C17H22N4O3/c1-13-16(21(22)23)17(19(2)18-13)20-10-11-24-15(12-20)9-8-14-6-4-3-5-7-14/h3-7,15H,8-12H2,1-2H3/t15-/m1/s1. The van der Waals surface area contributed by atoms with Crippen LogP contribution in [0.15, 0.2) is 30.3 Å². The number of aryl methyl sites for hydroxylation is 3. The summed E-state index contributed by atoms with van der Waals surface area (Å²) in [5.41, 5.74) is 1.83. The first-order valence-electron chi connectivity index (χ1n) is 8.14. The van der Waals surface area contributed by atoms with Crippen molar-refractivity contribution >= 4 is 11.5 Å². The molecule has 0 radical (unpaired) electrons. The monoisotopic (exact) mass is 330 g/mol. The van der Waals surface area contributed by atoms with Gasteiger partial charge in [-0.3, -0.25) is 10.1 Å². The van der Waals surface area contributed by atoms with E-state index in [1.165, 1.54) is 5.56 Å². The van der Waals surface area contributed by atoms with Crippen molar-refractivity contribution in [2.75, 3.05) is 24.6 Å². The zero-order valence-corrected chi connectivity index (χ0v) is 14.0. The predicted molar refractivity (Wildman–Crippen MR) is 91.3 cm³/mol. The fourth-order valence-corrected chi connectivity index (χ4v) is 3.26. The Hall–Kier alpha value is -2.41. The van der Waals surface area contributed by atoms with Crippen LogP contribution in [0.25, 0.3) is 0 Å². The minimum atomic E-state index is -0.341. The van der Waals surface area contributed by atoms with Crippen LogP contribution in [0.3, 0.4) is 0 Å². The quantitative estimate of drug-likeness (QED) is 0.622. The molecule has 0 saturated carbocycles. The van der Waals surface area contributed by atoms with Crippen LogP contribution in [0.5, 0.6) is 0 Å². The second-order valence-corrected chi connectivity index (χ2v) is 6.10. The lowest BCUT2D eigenvalue weighted by Crippen LogP contribution is -2.43. The molecule has 1 atom stereocenters. The number of morpholine rings is 1. The highest BCUT2D eigenvalue weighted by Crippen LogP contribution is 2.32. The summed E-state index contributed by atoms with van der Waals surface area (Å²) in [6.07, 6.45) is 1.89. The van der Waals surface area contributed by atoms with Crippen LogP contribution in [0.4, 0.5) is 11.5 Å². The van der Waals surface area contributed by atoms with Crippen molar-refractivity contribution in [3.05, 3.63) is 51.7 Å². The van der Waals surface area contributed by atoms with E-state index >= 15 is 0 Å².